The minimum atomic E-state index is -0.162. The van der Waals surface area contributed by atoms with Gasteiger partial charge in [0, 0.05) is 38.7 Å². The summed E-state index contributed by atoms with van der Waals surface area (Å²) in [5.74, 6) is 9.75. The van der Waals surface area contributed by atoms with E-state index in [-0.39, 0.29) is 12.0 Å². The highest BCUT2D eigenvalue weighted by atomic mass is 16.5. The van der Waals surface area contributed by atoms with Crippen LogP contribution < -0.4 is 4.74 Å². The third kappa shape index (κ3) is 8.35. The first-order valence-electron chi connectivity index (χ1n) is 29.8. The topological polar surface area (TPSA) is 52.8 Å². The third-order valence-corrected chi connectivity index (χ3v) is 21.3. The number of benzene rings is 6. The molecule has 0 spiro atoms. The summed E-state index contributed by atoms with van der Waals surface area (Å²) in [5.41, 5.74) is 12.6. The Bertz CT molecular complexity index is 3550. The molecule has 4 fully saturated rings. The molecule has 14 rings (SSSR count). The van der Waals surface area contributed by atoms with Crippen LogP contribution in [0.4, 0.5) is 0 Å². The lowest BCUT2D eigenvalue weighted by Gasteiger charge is -2.61. The number of hydrogen-bond acceptors (Lipinski definition) is 4. The third-order valence-electron chi connectivity index (χ3n) is 21.3. The average Bonchev–Trinajstić information content (AvgIpc) is 4.35. The molecule has 5 nitrogen and oxygen atoms in total. The Morgan fingerprint density at radius 1 is 0.597 bits per heavy atom. The highest BCUT2D eigenvalue weighted by molar-refractivity contribution is 6.10. The molecule has 6 aromatic carbocycles. The molecule has 5 aliphatic carbocycles. The molecular formula is C72H76N4O. The maximum atomic E-state index is 6.75. The molecule has 0 N–H and O–H groups in total. The van der Waals surface area contributed by atoms with Crippen molar-refractivity contribution in [1.82, 2.24) is 19.5 Å². The lowest BCUT2D eigenvalue weighted by molar-refractivity contribution is -0.117. The minimum Gasteiger partial charge on any atom is -0.485 e. The second kappa shape index (κ2) is 19.4. The normalized spacial score (nSPS) is 28.6. The van der Waals surface area contributed by atoms with Gasteiger partial charge in [0.15, 0.2) is 17.5 Å². The molecule has 11 atom stereocenters. The molecule has 8 aromatic rings. The van der Waals surface area contributed by atoms with E-state index in [1.165, 1.54) is 110 Å². The predicted molar refractivity (Wildman–Crippen MR) is 317 cm³/mol. The first-order chi connectivity index (χ1) is 37.6. The number of para-hydroxylation sites is 2. The van der Waals surface area contributed by atoms with Gasteiger partial charge in [-0.25, -0.2) is 15.0 Å². The average molecular weight is 1010 g/mol. The van der Waals surface area contributed by atoms with Crippen LogP contribution >= 0.6 is 0 Å². The Morgan fingerprint density at radius 2 is 1.27 bits per heavy atom. The van der Waals surface area contributed by atoms with E-state index in [2.05, 4.69) is 203 Å². The molecule has 0 saturated heterocycles. The summed E-state index contributed by atoms with van der Waals surface area (Å²) in [6, 6.07) is 52.9. The summed E-state index contributed by atoms with van der Waals surface area (Å²) in [7, 11) is 0. The number of nitrogens with zero attached hydrogens (tertiary/aromatic N) is 4. The van der Waals surface area contributed by atoms with Crippen molar-refractivity contribution < 1.29 is 4.74 Å². The number of aromatic nitrogens is 4. The van der Waals surface area contributed by atoms with Crippen LogP contribution in [0.5, 0.6) is 5.75 Å². The second-order valence-electron chi connectivity index (χ2n) is 25.7. The van der Waals surface area contributed by atoms with E-state index < -0.39 is 0 Å². The van der Waals surface area contributed by atoms with Gasteiger partial charge in [-0.3, -0.25) is 0 Å². The largest absolute Gasteiger partial charge is 0.485 e. The molecule has 0 radical (unpaired) electrons. The Kier molecular flexibility index (Phi) is 12.3. The molecule has 2 aromatic heterocycles. The van der Waals surface area contributed by atoms with Crippen LogP contribution in [0.1, 0.15) is 140 Å². The Labute approximate surface area is 457 Å². The van der Waals surface area contributed by atoms with Gasteiger partial charge >= 0.3 is 0 Å². The highest BCUT2D eigenvalue weighted by Crippen LogP contribution is 2.69. The summed E-state index contributed by atoms with van der Waals surface area (Å²) in [4.78, 5) is 15.9. The number of allylic oxidation sites excluding steroid dienone is 2. The fourth-order valence-electron chi connectivity index (χ4n) is 17.4. The van der Waals surface area contributed by atoms with Crippen molar-refractivity contribution in [3.8, 4) is 45.3 Å². The predicted octanol–water partition coefficient (Wildman–Crippen LogP) is 18.7. The summed E-state index contributed by atoms with van der Waals surface area (Å²) in [6.45, 7) is 12.9. The smallest absolute Gasteiger partial charge is 0.164 e. The van der Waals surface area contributed by atoms with Gasteiger partial charge in [-0.2, -0.15) is 0 Å². The second-order valence-corrected chi connectivity index (χ2v) is 25.7. The number of hydrogen-bond donors (Lipinski definition) is 0. The molecule has 4 saturated carbocycles. The van der Waals surface area contributed by atoms with Crippen molar-refractivity contribution in [3.63, 3.8) is 0 Å². The van der Waals surface area contributed by atoms with Crippen LogP contribution in [-0.4, -0.2) is 25.6 Å². The van der Waals surface area contributed by atoms with Gasteiger partial charge in [-0.15, -0.1) is 0 Å². The van der Waals surface area contributed by atoms with Gasteiger partial charge in [0.25, 0.3) is 0 Å². The lowest BCUT2D eigenvalue weighted by atomic mass is 9.43. The van der Waals surface area contributed by atoms with Crippen LogP contribution in [0.25, 0.3) is 67.0 Å². The Morgan fingerprint density at radius 3 is 2.08 bits per heavy atom. The van der Waals surface area contributed by atoms with Gasteiger partial charge in [-0.05, 0) is 181 Å². The van der Waals surface area contributed by atoms with Crippen LogP contribution in [0.3, 0.4) is 0 Å². The quantitative estimate of drug-likeness (QED) is 0.130. The highest BCUT2D eigenvalue weighted by Gasteiger charge is 2.60. The zero-order chi connectivity index (χ0) is 52.0. The monoisotopic (exact) mass is 1010 g/mol. The van der Waals surface area contributed by atoms with Crippen molar-refractivity contribution in [3.05, 3.63) is 181 Å². The maximum absolute atomic E-state index is 6.75. The van der Waals surface area contributed by atoms with E-state index in [9.17, 15) is 0 Å². The molecule has 4 unspecified atom stereocenters. The summed E-state index contributed by atoms with van der Waals surface area (Å²) < 4.78 is 9.12. The zero-order valence-corrected chi connectivity index (χ0v) is 46.0. The van der Waals surface area contributed by atoms with Gasteiger partial charge in [-0.1, -0.05) is 169 Å². The number of ether oxygens (including phenoxy) is 1. The fourth-order valence-corrected chi connectivity index (χ4v) is 17.4. The van der Waals surface area contributed by atoms with Crippen molar-refractivity contribution >= 4 is 27.4 Å². The van der Waals surface area contributed by atoms with E-state index in [1.54, 1.807) is 0 Å². The molecule has 77 heavy (non-hydrogen) atoms. The van der Waals surface area contributed by atoms with Crippen molar-refractivity contribution in [2.75, 3.05) is 0 Å². The van der Waals surface area contributed by atoms with Crippen molar-refractivity contribution in [2.45, 2.75) is 130 Å². The zero-order valence-electron chi connectivity index (χ0n) is 46.0. The van der Waals surface area contributed by atoms with Crippen molar-refractivity contribution in [2.24, 2.45) is 52.3 Å². The molecule has 390 valence electrons. The van der Waals surface area contributed by atoms with Crippen molar-refractivity contribution in [1.29, 1.82) is 0 Å². The number of rotatable bonds is 11. The molecule has 5 heteroatoms. The first kappa shape index (κ1) is 48.8. The van der Waals surface area contributed by atoms with E-state index in [4.69, 9.17) is 19.7 Å². The van der Waals surface area contributed by atoms with Gasteiger partial charge < -0.3 is 9.30 Å². The van der Waals surface area contributed by atoms with Gasteiger partial charge in [0.05, 0.1) is 17.0 Å². The SMILES string of the molecule is CC(C)CCC[C@@H](C)[C@H]1CC[C@H]2[C@@H]3CC[C@H]4CC(c5ccc(-c6nc(C7=CC=CC8Oc9ccc(-c%10ccc%11c(c%10)c%10ccccc%10n%11-c%10ccccc%10)cc9C78)nc(-c7ccccc7)n6)cc5)CC[C@]4(C)C3CC[C@]12C. The molecule has 0 bridgehead atoms. The maximum Gasteiger partial charge on any atom is 0.164 e. The van der Waals surface area contributed by atoms with Gasteiger partial charge in [0.1, 0.15) is 11.9 Å². The molecular weight excluding hydrogens is 937 g/mol. The number of fused-ring (bicyclic) bond motifs is 11. The van der Waals surface area contributed by atoms with Gasteiger partial charge in [0.2, 0.25) is 0 Å². The van der Waals surface area contributed by atoms with E-state index >= 15 is 0 Å². The van der Waals surface area contributed by atoms with Crippen LogP contribution in [0, 0.1) is 52.3 Å². The lowest BCUT2D eigenvalue weighted by Crippen LogP contribution is -2.53. The minimum absolute atomic E-state index is 0.0757. The first-order valence-corrected chi connectivity index (χ1v) is 29.8. The Hall–Kier alpha value is -6.59. The van der Waals surface area contributed by atoms with E-state index in [1.807, 2.05) is 0 Å². The van der Waals surface area contributed by atoms with Crippen LogP contribution in [-0.2, 0) is 0 Å². The molecule has 3 heterocycles. The summed E-state index contributed by atoms with van der Waals surface area (Å²) >= 11 is 0. The van der Waals surface area contributed by atoms with E-state index in [0.717, 1.165) is 80.7 Å². The fraction of sp³-hybridized carbons (Fsp3) is 0.403. The Balaban J connectivity index is 0.725. The standard InChI is InChI=1S/C72H76N4O/c1-45(2)16-14-17-46(3)60-34-35-61-56-33-32-53-42-52(38-40-71(53,4)62(56)39-41-72(60,61)5)47-26-28-49(29-27-47)69-73-68(48-18-8-6-9-19-48)74-70(75-69)57-23-15-25-66-67(57)59-44-51(31-37-65(59)77-66)50-30-36-64-58(43-50)55-22-12-13-24-63(55)76(64)54-20-10-7-11-21-54/h6-13,15,18-31,36-37,43-46,52-53,56,60-62,66-67H,14,16-17,32-35,38-42H2,1-5H3/t46-,52?,53+,56+,60-,61+,62?,66?,67?,71+,72-/m1/s1. The van der Waals surface area contributed by atoms with Crippen LogP contribution in [0.2, 0.25) is 0 Å². The summed E-state index contributed by atoms with van der Waals surface area (Å²) in [6.07, 6.45) is 23.3. The van der Waals surface area contributed by atoms with Crippen LogP contribution in [0.15, 0.2) is 164 Å². The molecule has 1 aliphatic heterocycles. The molecule has 0 amide bonds. The molecule has 6 aliphatic rings. The van der Waals surface area contributed by atoms with E-state index in [0.29, 0.717) is 34.2 Å². The summed E-state index contributed by atoms with van der Waals surface area (Å²) in [5, 5.41) is 2.48.